The van der Waals surface area contributed by atoms with Crippen LogP contribution >= 0.6 is 12.4 Å². The standard InChI is InChI=1S/C12H16FN3O2.ClH/c1-9-7-15(5-4-14-9)8-10-6-11(13)2-3-12(10)16(17)18;/h2-3,6,9,14H,4-5,7-8H2,1H3;1H. The summed E-state index contributed by atoms with van der Waals surface area (Å²) in [5.41, 5.74) is 0.427. The number of nitro groups is 1. The van der Waals surface area contributed by atoms with Gasteiger partial charge in [-0.3, -0.25) is 15.0 Å². The van der Waals surface area contributed by atoms with Crippen LogP contribution in [0.1, 0.15) is 12.5 Å². The second-order valence-electron chi connectivity index (χ2n) is 4.62. The second-order valence-corrected chi connectivity index (χ2v) is 4.62. The smallest absolute Gasteiger partial charge is 0.274 e. The number of hydrogen-bond donors (Lipinski definition) is 1. The lowest BCUT2D eigenvalue weighted by atomic mass is 10.1. The highest BCUT2D eigenvalue weighted by Gasteiger charge is 2.20. The Bertz CT molecular complexity index is 459. The average Bonchev–Trinajstić information content (AvgIpc) is 2.28. The molecule has 5 nitrogen and oxygen atoms in total. The number of halogens is 2. The van der Waals surface area contributed by atoms with Gasteiger partial charge in [0.15, 0.2) is 0 Å². The van der Waals surface area contributed by atoms with E-state index in [1.807, 2.05) is 0 Å². The van der Waals surface area contributed by atoms with E-state index in [9.17, 15) is 14.5 Å². The summed E-state index contributed by atoms with van der Waals surface area (Å²) >= 11 is 0. The van der Waals surface area contributed by atoms with Crippen LogP contribution in [0.3, 0.4) is 0 Å². The highest BCUT2D eigenvalue weighted by molar-refractivity contribution is 5.85. The minimum atomic E-state index is -0.458. The van der Waals surface area contributed by atoms with Crippen LogP contribution in [0.2, 0.25) is 0 Å². The summed E-state index contributed by atoms with van der Waals surface area (Å²) in [7, 11) is 0. The molecule has 0 radical (unpaired) electrons. The Hall–Kier alpha value is -1.24. The highest BCUT2D eigenvalue weighted by atomic mass is 35.5. The summed E-state index contributed by atoms with van der Waals surface area (Å²) in [6.07, 6.45) is 0. The first kappa shape index (κ1) is 15.8. The van der Waals surface area contributed by atoms with Crippen molar-refractivity contribution in [2.45, 2.75) is 19.5 Å². The molecule has 1 heterocycles. The SMILES string of the molecule is CC1CN(Cc2cc(F)ccc2[N+](=O)[O-])CCN1.Cl. The Balaban J connectivity index is 0.00000180. The van der Waals surface area contributed by atoms with Gasteiger partial charge in [-0.15, -0.1) is 12.4 Å². The lowest BCUT2D eigenvalue weighted by Crippen LogP contribution is -2.48. The molecule has 1 aliphatic rings. The van der Waals surface area contributed by atoms with Crippen LogP contribution in [0.15, 0.2) is 18.2 Å². The van der Waals surface area contributed by atoms with Crippen LogP contribution in [-0.4, -0.2) is 35.5 Å². The molecule has 1 unspecified atom stereocenters. The fraction of sp³-hybridized carbons (Fsp3) is 0.500. The molecule has 0 aromatic heterocycles. The van der Waals surface area contributed by atoms with E-state index < -0.39 is 10.7 Å². The van der Waals surface area contributed by atoms with Gasteiger partial charge in [-0.25, -0.2) is 4.39 Å². The third-order valence-corrected chi connectivity index (χ3v) is 3.09. The Morgan fingerprint density at radius 3 is 2.95 bits per heavy atom. The van der Waals surface area contributed by atoms with Gasteiger partial charge in [-0.05, 0) is 19.1 Å². The molecule has 1 atom stereocenters. The molecule has 0 aliphatic carbocycles. The zero-order chi connectivity index (χ0) is 13.1. The molecule has 0 saturated carbocycles. The van der Waals surface area contributed by atoms with Crippen molar-refractivity contribution in [3.8, 4) is 0 Å². The molecule has 1 aliphatic heterocycles. The van der Waals surface area contributed by atoms with E-state index in [1.54, 1.807) is 0 Å². The van der Waals surface area contributed by atoms with Crippen molar-refractivity contribution in [1.82, 2.24) is 10.2 Å². The van der Waals surface area contributed by atoms with Crippen LogP contribution in [-0.2, 0) is 6.54 Å². The fourth-order valence-corrected chi connectivity index (χ4v) is 2.26. The van der Waals surface area contributed by atoms with Crippen molar-refractivity contribution < 1.29 is 9.31 Å². The molecule has 7 heteroatoms. The Labute approximate surface area is 117 Å². The van der Waals surface area contributed by atoms with Crippen LogP contribution < -0.4 is 5.32 Å². The van der Waals surface area contributed by atoms with E-state index in [-0.39, 0.29) is 18.1 Å². The molecule has 19 heavy (non-hydrogen) atoms. The first-order chi connectivity index (χ1) is 8.56. The van der Waals surface area contributed by atoms with Crippen molar-refractivity contribution >= 4 is 18.1 Å². The summed E-state index contributed by atoms with van der Waals surface area (Å²) in [5, 5.41) is 14.2. The lowest BCUT2D eigenvalue weighted by molar-refractivity contribution is -0.385. The molecule has 2 rings (SSSR count). The molecule has 1 N–H and O–H groups in total. The highest BCUT2D eigenvalue weighted by Crippen LogP contribution is 2.21. The molecule has 0 amide bonds. The minimum Gasteiger partial charge on any atom is -0.312 e. The van der Waals surface area contributed by atoms with Gasteiger partial charge in [0.1, 0.15) is 5.82 Å². The van der Waals surface area contributed by atoms with E-state index >= 15 is 0 Å². The maximum Gasteiger partial charge on any atom is 0.274 e. The molecule has 1 saturated heterocycles. The average molecular weight is 290 g/mol. The van der Waals surface area contributed by atoms with Gasteiger partial charge in [0.05, 0.1) is 4.92 Å². The zero-order valence-electron chi connectivity index (χ0n) is 10.6. The van der Waals surface area contributed by atoms with Gasteiger partial charge in [-0.1, -0.05) is 0 Å². The van der Waals surface area contributed by atoms with E-state index in [2.05, 4.69) is 17.1 Å². The fourth-order valence-electron chi connectivity index (χ4n) is 2.26. The van der Waals surface area contributed by atoms with E-state index in [1.165, 1.54) is 12.1 Å². The molecular formula is C12H17ClFN3O2. The number of rotatable bonds is 3. The number of piperazine rings is 1. The van der Waals surface area contributed by atoms with Gasteiger partial charge in [0, 0.05) is 43.9 Å². The lowest BCUT2D eigenvalue weighted by Gasteiger charge is -2.31. The van der Waals surface area contributed by atoms with Gasteiger partial charge in [-0.2, -0.15) is 0 Å². The Morgan fingerprint density at radius 2 is 2.32 bits per heavy atom. The van der Waals surface area contributed by atoms with E-state index in [0.29, 0.717) is 18.2 Å². The van der Waals surface area contributed by atoms with Crippen LogP contribution in [0, 0.1) is 15.9 Å². The second kappa shape index (κ2) is 6.79. The summed E-state index contributed by atoms with van der Waals surface area (Å²) in [5.74, 6) is -0.432. The van der Waals surface area contributed by atoms with Crippen molar-refractivity contribution in [3.63, 3.8) is 0 Å². The molecule has 0 spiro atoms. The molecule has 0 bridgehead atoms. The zero-order valence-corrected chi connectivity index (χ0v) is 11.5. The number of hydrogen-bond acceptors (Lipinski definition) is 4. The summed E-state index contributed by atoms with van der Waals surface area (Å²) in [6.45, 7) is 4.96. The summed E-state index contributed by atoms with van der Waals surface area (Å²) in [4.78, 5) is 12.5. The van der Waals surface area contributed by atoms with Crippen molar-refractivity contribution in [1.29, 1.82) is 0 Å². The number of benzene rings is 1. The van der Waals surface area contributed by atoms with Gasteiger partial charge >= 0.3 is 0 Å². The molecular weight excluding hydrogens is 273 g/mol. The van der Waals surface area contributed by atoms with Crippen molar-refractivity contribution in [2.24, 2.45) is 0 Å². The van der Waals surface area contributed by atoms with E-state index in [0.717, 1.165) is 25.7 Å². The Morgan fingerprint density at radius 1 is 1.58 bits per heavy atom. The summed E-state index contributed by atoms with van der Waals surface area (Å²) < 4.78 is 13.2. The first-order valence-corrected chi connectivity index (χ1v) is 5.95. The predicted molar refractivity (Wildman–Crippen MR) is 73.0 cm³/mol. The first-order valence-electron chi connectivity index (χ1n) is 5.95. The van der Waals surface area contributed by atoms with Crippen molar-refractivity contribution in [2.75, 3.05) is 19.6 Å². The third-order valence-electron chi connectivity index (χ3n) is 3.09. The van der Waals surface area contributed by atoms with Crippen LogP contribution in [0.25, 0.3) is 0 Å². The minimum absolute atomic E-state index is 0. The summed E-state index contributed by atoms with van der Waals surface area (Å²) in [6, 6.07) is 3.97. The van der Waals surface area contributed by atoms with Gasteiger partial charge < -0.3 is 5.32 Å². The van der Waals surface area contributed by atoms with E-state index in [4.69, 9.17) is 0 Å². The van der Waals surface area contributed by atoms with Crippen LogP contribution in [0.5, 0.6) is 0 Å². The van der Waals surface area contributed by atoms with Crippen LogP contribution in [0.4, 0.5) is 10.1 Å². The molecule has 106 valence electrons. The maximum atomic E-state index is 13.2. The molecule has 1 fully saturated rings. The number of nitrogens with zero attached hydrogens (tertiary/aromatic N) is 2. The topological polar surface area (TPSA) is 58.4 Å². The van der Waals surface area contributed by atoms with Gasteiger partial charge in [0.25, 0.3) is 5.69 Å². The third kappa shape index (κ3) is 4.12. The monoisotopic (exact) mass is 289 g/mol. The normalized spacial score (nSPS) is 19.8. The molecule has 1 aromatic carbocycles. The maximum absolute atomic E-state index is 13.2. The number of nitro benzene ring substituents is 1. The Kier molecular flexibility index (Phi) is 5.65. The largest absolute Gasteiger partial charge is 0.312 e. The number of nitrogens with one attached hydrogen (secondary N) is 1. The quantitative estimate of drug-likeness (QED) is 0.682. The van der Waals surface area contributed by atoms with Gasteiger partial charge in [0.2, 0.25) is 0 Å². The van der Waals surface area contributed by atoms with Crippen molar-refractivity contribution in [3.05, 3.63) is 39.7 Å². The molecule has 1 aromatic rings. The predicted octanol–water partition coefficient (Wildman–Crippen LogP) is 1.95.